The molecule has 70 valence electrons. The van der Waals surface area contributed by atoms with Crippen molar-refractivity contribution in [2.24, 2.45) is 11.8 Å². The van der Waals surface area contributed by atoms with Crippen molar-refractivity contribution >= 4 is 5.82 Å². The van der Waals surface area contributed by atoms with Crippen molar-refractivity contribution in [3.63, 3.8) is 0 Å². The number of nitrogens with one attached hydrogen (secondary N) is 1. The second-order valence-electron chi connectivity index (χ2n) is 4.10. The van der Waals surface area contributed by atoms with Gasteiger partial charge in [0.2, 0.25) is 0 Å². The summed E-state index contributed by atoms with van der Waals surface area (Å²) in [6, 6.07) is 4.19. The topological polar surface area (TPSA) is 24.9 Å². The molecule has 2 rings (SSSR count). The minimum atomic E-state index is 0.751. The highest BCUT2D eigenvalue weighted by atomic mass is 15.0. The molecule has 1 atom stereocenters. The third-order valence-electron chi connectivity index (χ3n) is 2.85. The lowest BCUT2D eigenvalue weighted by Gasteiger charge is -2.27. The Balaban J connectivity index is 2.20. The second-order valence-corrected chi connectivity index (χ2v) is 4.10. The van der Waals surface area contributed by atoms with E-state index >= 15 is 0 Å². The molecule has 2 heterocycles. The summed E-state index contributed by atoms with van der Waals surface area (Å²) in [5.74, 6) is 2.59. The molecule has 0 spiro atoms. The molecule has 0 fully saturated rings. The molecule has 13 heavy (non-hydrogen) atoms. The van der Waals surface area contributed by atoms with Gasteiger partial charge in [0.1, 0.15) is 5.82 Å². The molecule has 1 aliphatic rings. The fourth-order valence-corrected chi connectivity index (χ4v) is 1.82. The highest BCUT2D eigenvalue weighted by Crippen LogP contribution is 2.26. The van der Waals surface area contributed by atoms with Gasteiger partial charge in [-0.05, 0) is 29.9 Å². The van der Waals surface area contributed by atoms with Crippen molar-refractivity contribution in [1.29, 1.82) is 0 Å². The van der Waals surface area contributed by atoms with Crippen molar-refractivity contribution in [3.05, 3.63) is 23.9 Å². The zero-order valence-corrected chi connectivity index (χ0v) is 8.25. The molecule has 0 saturated carbocycles. The fourth-order valence-electron chi connectivity index (χ4n) is 1.82. The van der Waals surface area contributed by atoms with Crippen LogP contribution in [0.3, 0.4) is 0 Å². The Morgan fingerprint density at radius 3 is 3.15 bits per heavy atom. The zero-order chi connectivity index (χ0) is 9.26. The first kappa shape index (κ1) is 8.54. The van der Waals surface area contributed by atoms with E-state index in [-0.39, 0.29) is 0 Å². The third-order valence-corrected chi connectivity index (χ3v) is 2.85. The molecule has 1 N–H and O–H groups in total. The van der Waals surface area contributed by atoms with Gasteiger partial charge in [0.05, 0.1) is 0 Å². The van der Waals surface area contributed by atoms with Crippen molar-refractivity contribution in [3.8, 4) is 0 Å². The van der Waals surface area contributed by atoms with Gasteiger partial charge in [0, 0.05) is 12.7 Å². The summed E-state index contributed by atoms with van der Waals surface area (Å²) in [6.07, 6.45) is 3.02. The van der Waals surface area contributed by atoms with Crippen LogP contribution in [0.4, 0.5) is 5.82 Å². The van der Waals surface area contributed by atoms with Crippen LogP contribution in [-0.4, -0.2) is 11.5 Å². The Morgan fingerprint density at radius 1 is 1.54 bits per heavy atom. The summed E-state index contributed by atoms with van der Waals surface area (Å²) in [5, 5.41) is 3.38. The number of aromatic nitrogens is 1. The van der Waals surface area contributed by atoms with E-state index in [9.17, 15) is 0 Å². The predicted molar refractivity (Wildman–Crippen MR) is 54.8 cm³/mol. The van der Waals surface area contributed by atoms with E-state index in [0.29, 0.717) is 0 Å². The molecule has 0 amide bonds. The van der Waals surface area contributed by atoms with Crippen LogP contribution < -0.4 is 5.32 Å². The number of rotatable bonds is 1. The maximum absolute atomic E-state index is 4.30. The molecule has 0 bridgehead atoms. The van der Waals surface area contributed by atoms with Crippen LogP contribution >= 0.6 is 0 Å². The summed E-state index contributed by atoms with van der Waals surface area (Å²) in [6.45, 7) is 5.64. The van der Waals surface area contributed by atoms with Crippen molar-refractivity contribution < 1.29 is 0 Å². The Hall–Kier alpha value is -1.05. The Bertz CT molecular complexity index is 294. The Labute approximate surface area is 79.4 Å². The van der Waals surface area contributed by atoms with Crippen molar-refractivity contribution in [2.45, 2.75) is 20.3 Å². The minimum Gasteiger partial charge on any atom is -0.370 e. The molecule has 1 aliphatic heterocycles. The lowest BCUT2D eigenvalue weighted by atomic mass is 9.87. The maximum Gasteiger partial charge on any atom is 0.129 e. The molecular formula is C11H16N2. The summed E-state index contributed by atoms with van der Waals surface area (Å²) >= 11 is 0. The number of hydrogen-bond acceptors (Lipinski definition) is 2. The molecule has 1 aromatic rings. The highest BCUT2D eigenvalue weighted by Gasteiger charge is 2.20. The number of nitrogens with zero attached hydrogens (tertiary/aromatic N) is 1. The lowest BCUT2D eigenvalue weighted by Crippen LogP contribution is -2.27. The van der Waals surface area contributed by atoms with E-state index in [1.807, 2.05) is 12.3 Å². The van der Waals surface area contributed by atoms with Crippen LogP contribution in [0.1, 0.15) is 19.4 Å². The number of hydrogen-bond donors (Lipinski definition) is 1. The first-order valence-electron chi connectivity index (χ1n) is 4.95. The van der Waals surface area contributed by atoms with E-state index in [4.69, 9.17) is 0 Å². The average molecular weight is 176 g/mol. The first-order valence-corrected chi connectivity index (χ1v) is 4.95. The molecule has 2 heteroatoms. The molecule has 1 unspecified atom stereocenters. The first-order chi connectivity index (χ1) is 6.27. The Kier molecular flexibility index (Phi) is 2.21. The molecule has 2 nitrogen and oxygen atoms in total. The third kappa shape index (κ3) is 1.67. The summed E-state index contributed by atoms with van der Waals surface area (Å²) in [5.41, 5.74) is 1.37. The van der Waals surface area contributed by atoms with Gasteiger partial charge in [-0.1, -0.05) is 19.9 Å². The van der Waals surface area contributed by atoms with Gasteiger partial charge in [-0.2, -0.15) is 0 Å². The van der Waals surface area contributed by atoms with Gasteiger partial charge in [-0.15, -0.1) is 0 Å². The quantitative estimate of drug-likeness (QED) is 0.710. The van der Waals surface area contributed by atoms with E-state index in [2.05, 4.69) is 30.2 Å². The average Bonchev–Trinajstić information content (AvgIpc) is 2.17. The van der Waals surface area contributed by atoms with Crippen LogP contribution in [0.15, 0.2) is 18.3 Å². The van der Waals surface area contributed by atoms with E-state index in [0.717, 1.165) is 24.2 Å². The molecule has 1 aromatic heterocycles. The van der Waals surface area contributed by atoms with Crippen LogP contribution in [-0.2, 0) is 6.42 Å². The van der Waals surface area contributed by atoms with Crippen LogP contribution in [0.25, 0.3) is 0 Å². The monoisotopic (exact) mass is 176 g/mol. The van der Waals surface area contributed by atoms with Gasteiger partial charge in [-0.25, -0.2) is 4.98 Å². The number of fused-ring (bicyclic) bond motifs is 1. The smallest absolute Gasteiger partial charge is 0.129 e. The molecule has 0 saturated heterocycles. The van der Waals surface area contributed by atoms with E-state index in [1.165, 1.54) is 12.0 Å². The van der Waals surface area contributed by atoms with Crippen molar-refractivity contribution in [1.82, 2.24) is 4.98 Å². The lowest BCUT2D eigenvalue weighted by molar-refractivity contribution is 0.392. The molecular weight excluding hydrogens is 160 g/mol. The molecule has 0 radical (unpaired) electrons. The number of anilines is 1. The standard InChI is InChI=1S/C11H16N2/c1-8(2)10-6-9-4-3-5-12-11(9)13-7-10/h3-5,8,10H,6-7H2,1-2H3,(H,12,13). The molecule has 0 aromatic carbocycles. The largest absolute Gasteiger partial charge is 0.370 e. The van der Waals surface area contributed by atoms with Crippen LogP contribution in [0.5, 0.6) is 0 Å². The van der Waals surface area contributed by atoms with Gasteiger partial charge >= 0.3 is 0 Å². The van der Waals surface area contributed by atoms with Gasteiger partial charge < -0.3 is 5.32 Å². The summed E-state index contributed by atoms with van der Waals surface area (Å²) in [7, 11) is 0. The van der Waals surface area contributed by atoms with Crippen LogP contribution in [0.2, 0.25) is 0 Å². The zero-order valence-electron chi connectivity index (χ0n) is 8.25. The predicted octanol–water partition coefficient (Wildman–Crippen LogP) is 2.32. The fraction of sp³-hybridized carbons (Fsp3) is 0.545. The Morgan fingerprint density at radius 2 is 2.38 bits per heavy atom. The van der Waals surface area contributed by atoms with Gasteiger partial charge in [0.25, 0.3) is 0 Å². The summed E-state index contributed by atoms with van der Waals surface area (Å²) < 4.78 is 0. The minimum absolute atomic E-state index is 0.751. The second kappa shape index (κ2) is 3.36. The SMILES string of the molecule is CC(C)C1CNc2ncccc2C1. The van der Waals surface area contributed by atoms with Crippen LogP contribution in [0, 0.1) is 11.8 Å². The highest BCUT2D eigenvalue weighted by molar-refractivity contribution is 5.46. The van der Waals surface area contributed by atoms with E-state index < -0.39 is 0 Å². The van der Waals surface area contributed by atoms with E-state index in [1.54, 1.807) is 0 Å². The summed E-state index contributed by atoms with van der Waals surface area (Å²) in [4.78, 5) is 4.30. The molecule has 0 aliphatic carbocycles. The normalized spacial score (nSPS) is 21.0. The number of pyridine rings is 1. The van der Waals surface area contributed by atoms with Crippen molar-refractivity contribution in [2.75, 3.05) is 11.9 Å². The van der Waals surface area contributed by atoms with Gasteiger partial charge in [-0.3, -0.25) is 0 Å². The maximum atomic E-state index is 4.30. The van der Waals surface area contributed by atoms with Gasteiger partial charge in [0.15, 0.2) is 0 Å².